The lowest BCUT2D eigenvalue weighted by Crippen LogP contribution is -2.33. The Kier molecular flexibility index (Phi) is 12.3. The van der Waals surface area contributed by atoms with E-state index in [1.165, 1.54) is 32.4 Å². The second-order valence-electron chi connectivity index (χ2n) is 9.12. The number of allylic oxidation sites excluding steroid dienone is 1. The minimum atomic E-state index is -1.26. The molecule has 0 atom stereocenters. The Balaban J connectivity index is 0.000000550. The van der Waals surface area contributed by atoms with Crippen molar-refractivity contribution in [1.82, 2.24) is 4.90 Å². The standard InChI is InChI=1S/C26H33NO3.C4H4O4/c1-19-18-24(29-4)10-8-22(19)9-11-25(28)23-16-20(2)26(21(3)17-23)30-15-14-27-12-6-5-7-13-27;5-3(6)1-2-4(7)8/h8-11,16-18H,5-7,12-15H2,1-4H3;1-2H,(H,5,6)(H,7,8). The smallest absolute Gasteiger partial charge is 0.328 e. The molecule has 3 rings (SSSR count). The van der Waals surface area contributed by atoms with Gasteiger partial charge >= 0.3 is 11.9 Å². The van der Waals surface area contributed by atoms with Crippen molar-refractivity contribution in [3.05, 3.63) is 76.4 Å². The molecule has 1 saturated heterocycles. The van der Waals surface area contributed by atoms with Gasteiger partial charge in [0.1, 0.15) is 18.1 Å². The van der Waals surface area contributed by atoms with Crippen molar-refractivity contribution in [3.63, 3.8) is 0 Å². The Morgan fingerprint density at radius 1 is 0.868 bits per heavy atom. The lowest BCUT2D eigenvalue weighted by Gasteiger charge is -2.26. The third kappa shape index (κ3) is 10.2. The summed E-state index contributed by atoms with van der Waals surface area (Å²) in [5.41, 5.74) is 4.78. The third-order valence-electron chi connectivity index (χ3n) is 6.11. The van der Waals surface area contributed by atoms with Crippen molar-refractivity contribution in [2.75, 3.05) is 33.4 Å². The minimum absolute atomic E-state index is 0.00344. The largest absolute Gasteiger partial charge is 0.497 e. The number of carbonyl (C=O) groups is 3. The molecule has 0 aromatic heterocycles. The fourth-order valence-corrected chi connectivity index (χ4v) is 4.15. The zero-order valence-electron chi connectivity index (χ0n) is 22.5. The summed E-state index contributed by atoms with van der Waals surface area (Å²) in [7, 11) is 1.65. The van der Waals surface area contributed by atoms with E-state index >= 15 is 0 Å². The van der Waals surface area contributed by atoms with Gasteiger partial charge in [0, 0.05) is 24.3 Å². The van der Waals surface area contributed by atoms with Crippen LogP contribution in [0, 0.1) is 20.8 Å². The zero-order valence-corrected chi connectivity index (χ0v) is 22.5. The van der Waals surface area contributed by atoms with Gasteiger partial charge in [-0.05, 0) is 99.3 Å². The van der Waals surface area contributed by atoms with E-state index in [1.54, 1.807) is 13.2 Å². The van der Waals surface area contributed by atoms with E-state index in [9.17, 15) is 14.4 Å². The molecule has 2 aromatic carbocycles. The number of nitrogens with zero attached hydrogens (tertiary/aromatic N) is 1. The minimum Gasteiger partial charge on any atom is -0.497 e. The van der Waals surface area contributed by atoms with Crippen molar-refractivity contribution in [1.29, 1.82) is 0 Å². The molecule has 1 aliphatic rings. The molecular weight excluding hydrogens is 486 g/mol. The molecule has 0 radical (unpaired) electrons. The van der Waals surface area contributed by atoms with Crippen LogP contribution in [0.15, 0.2) is 48.6 Å². The molecule has 0 bridgehead atoms. The number of rotatable bonds is 10. The average Bonchev–Trinajstić information content (AvgIpc) is 2.89. The van der Waals surface area contributed by atoms with Gasteiger partial charge in [0.2, 0.25) is 0 Å². The number of ether oxygens (including phenoxy) is 2. The number of aliphatic carboxylic acids is 2. The fourth-order valence-electron chi connectivity index (χ4n) is 4.15. The Morgan fingerprint density at radius 2 is 1.47 bits per heavy atom. The molecule has 0 unspecified atom stereocenters. The molecular formula is C30H37NO7. The molecule has 0 spiro atoms. The van der Waals surface area contributed by atoms with Gasteiger partial charge in [-0.25, -0.2) is 9.59 Å². The van der Waals surface area contributed by atoms with E-state index in [1.807, 2.05) is 57.2 Å². The number of aryl methyl sites for hydroxylation is 3. The van der Waals surface area contributed by atoms with Crippen LogP contribution in [-0.4, -0.2) is 66.2 Å². The van der Waals surface area contributed by atoms with Crippen LogP contribution >= 0.6 is 0 Å². The zero-order chi connectivity index (χ0) is 28.1. The number of likely N-dealkylation sites (tertiary alicyclic amines) is 1. The van der Waals surface area contributed by atoms with Gasteiger partial charge in [0.05, 0.1) is 7.11 Å². The highest BCUT2D eigenvalue weighted by Gasteiger charge is 2.13. The van der Waals surface area contributed by atoms with Crippen LogP contribution in [0.25, 0.3) is 6.08 Å². The summed E-state index contributed by atoms with van der Waals surface area (Å²) in [5, 5.41) is 15.6. The van der Waals surface area contributed by atoms with Gasteiger partial charge in [-0.3, -0.25) is 9.69 Å². The van der Waals surface area contributed by atoms with Crippen LogP contribution in [0.2, 0.25) is 0 Å². The summed E-state index contributed by atoms with van der Waals surface area (Å²) in [6, 6.07) is 9.69. The molecule has 1 aliphatic heterocycles. The molecule has 8 heteroatoms. The van der Waals surface area contributed by atoms with Gasteiger partial charge in [-0.1, -0.05) is 18.6 Å². The van der Waals surface area contributed by atoms with Gasteiger partial charge in [0.15, 0.2) is 5.78 Å². The molecule has 204 valence electrons. The maximum absolute atomic E-state index is 12.7. The number of benzene rings is 2. The summed E-state index contributed by atoms with van der Waals surface area (Å²) in [6.07, 6.45) is 8.55. The van der Waals surface area contributed by atoms with E-state index in [4.69, 9.17) is 19.7 Å². The van der Waals surface area contributed by atoms with E-state index in [0.29, 0.717) is 24.3 Å². The highest BCUT2D eigenvalue weighted by atomic mass is 16.5. The summed E-state index contributed by atoms with van der Waals surface area (Å²) in [5.74, 6) is -0.798. The molecule has 1 heterocycles. The third-order valence-corrected chi connectivity index (χ3v) is 6.11. The predicted octanol–water partition coefficient (Wildman–Crippen LogP) is 5.09. The van der Waals surface area contributed by atoms with E-state index in [0.717, 1.165) is 40.3 Å². The first-order valence-corrected chi connectivity index (χ1v) is 12.6. The van der Waals surface area contributed by atoms with Crippen LogP contribution in [0.4, 0.5) is 0 Å². The number of carboxylic acids is 2. The SMILES string of the molecule is COc1ccc(C=CC(=O)c2cc(C)c(OCCN3CCCCC3)c(C)c2)c(C)c1.O=C(O)C=CC(=O)O. The van der Waals surface area contributed by atoms with E-state index in [-0.39, 0.29) is 5.78 Å². The highest BCUT2D eigenvalue weighted by Crippen LogP contribution is 2.26. The normalized spacial score (nSPS) is 13.7. The lowest BCUT2D eigenvalue weighted by atomic mass is 10.0. The molecule has 38 heavy (non-hydrogen) atoms. The van der Waals surface area contributed by atoms with Gasteiger partial charge in [-0.2, -0.15) is 0 Å². The first-order valence-electron chi connectivity index (χ1n) is 12.6. The molecule has 1 fully saturated rings. The van der Waals surface area contributed by atoms with Gasteiger partial charge < -0.3 is 19.7 Å². The topological polar surface area (TPSA) is 113 Å². The number of ketones is 1. The molecule has 0 amide bonds. The van der Waals surface area contributed by atoms with Crippen molar-refractivity contribution in [3.8, 4) is 11.5 Å². The molecule has 8 nitrogen and oxygen atoms in total. The summed E-state index contributed by atoms with van der Waals surface area (Å²) in [6.45, 7) is 10.0. The number of methoxy groups -OCH3 is 1. The summed E-state index contributed by atoms with van der Waals surface area (Å²) >= 11 is 0. The quantitative estimate of drug-likeness (QED) is 0.327. The van der Waals surface area contributed by atoms with Crippen molar-refractivity contribution >= 4 is 23.8 Å². The first-order chi connectivity index (χ1) is 18.1. The maximum atomic E-state index is 12.7. The lowest BCUT2D eigenvalue weighted by molar-refractivity contribution is -0.134. The monoisotopic (exact) mass is 523 g/mol. The maximum Gasteiger partial charge on any atom is 0.328 e. The number of hydrogen-bond acceptors (Lipinski definition) is 6. The molecule has 2 aromatic rings. The second-order valence-corrected chi connectivity index (χ2v) is 9.12. The van der Waals surface area contributed by atoms with E-state index in [2.05, 4.69) is 4.90 Å². The van der Waals surface area contributed by atoms with E-state index < -0.39 is 11.9 Å². The van der Waals surface area contributed by atoms with Gasteiger partial charge in [0.25, 0.3) is 0 Å². The number of hydrogen-bond donors (Lipinski definition) is 2. The highest BCUT2D eigenvalue weighted by molar-refractivity contribution is 6.07. The molecule has 0 saturated carbocycles. The Labute approximate surface area is 224 Å². The summed E-state index contributed by atoms with van der Waals surface area (Å²) in [4.78, 5) is 34.3. The van der Waals surface area contributed by atoms with Crippen LogP contribution in [0.3, 0.4) is 0 Å². The van der Waals surface area contributed by atoms with Crippen LogP contribution in [0.1, 0.15) is 51.9 Å². The number of carboxylic acid groups (broad SMARTS) is 2. The molecule has 0 aliphatic carbocycles. The van der Waals surface area contributed by atoms with Gasteiger partial charge in [-0.15, -0.1) is 0 Å². The first kappa shape index (κ1) is 30.3. The Hall–Kier alpha value is -3.91. The Bertz CT molecular complexity index is 1140. The predicted molar refractivity (Wildman–Crippen MR) is 147 cm³/mol. The van der Waals surface area contributed by atoms with Crippen molar-refractivity contribution in [2.45, 2.75) is 40.0 Å². The fraction of sp³-hybridized carbons (Fsp3) is 0.367. The van der Waals surface area contributed by atoms with Crippen molar-refractivity contribution < 1.29 is 34.1 Å². The van der Waals surface area contributed by atoms with Crippen molar-refractivity contribution in [2.24, 2.45) is 0 Å². The van der Waals surface area contributed by atoms with Crippen LogP contribution < -0.4 is 9.47 Å². The van der Waals surface area contributed by atoms with Crippen LogP contribution in [-0.2, 0) is 9.59 Å². The Morgan fingerprint density at radius 3 is 2.00 bits per heavy atom. The number of piperidine rings is 1. The van der Waals surface area contributed by atoms with Crippen LogP contribution in [0.5, 0.6) is 11.5 Å². The average molecular weight is 524 g/mol. The second kappa shape index (κ2) is 15.4. The number of carbonyl (C=O) groups excluding carboxylic acids is 1. The summed E-state index contributed by atoms with van der Waals surface area (Å²) < 4.78 is 11.3. The molecule has 2 N–H and O–H groups in total.